The molecule has 4 heterocycles. The van der Waals surface area contributed by atoms with Gasteiger partial charge in [-0.3, -0.25) is 0 Å². The van der Waals surface area contributed by atoms with Gasteiger partial charge in [-0.25, -0.2) is 0 Å². The van der Waals surface area contributed by atoms with Crippen LogP contribution in [0, 0.1) is 40.4 Å². The Labute approximate surface area is 306 Å². The summed E-state index contributed by atoms with van der Waals surface area (Å²) < 4.78 is 36.8. The van der Waals surface area contributed by atoms with E-state index in [0.29, 0.717) is 36.7 Å². The topological polar surface area (TPSA) is 197 Å². The van der Waals surface area contributed by atoms with E-state index in [9.17, 15) is 35.7 Å². The van der Waals surface area contributed by atoms with Gasteiger partial charge >= 0.3 is 0 Å². The molecule has 1 spiro atoms. The summed E-state index contributed by atoms with van der Waals surface area (Å²) in [6.07, 6.45) is -3.65. The SMILES string of the molecule is CC1CCC2(OC1)OC1CC3C4CC=C5CC(OC6OC(CO)C(OC7OC(C)C(O)C(O)C7O)C(O)C6O)CCC5(C)C4CCC3(C)C1(O)C2C. The first-order valence-electron chi connectivity index (χ1n) is 19.9. The second-order valence-corrected chi connectivity index (χ2v) is 18.4. The summed E-state index contributed by atoms with van der Waals surface area (Å²) in [5, 5.41) is 75.8. The van der Waals surface area contributed by atoms with Crippen molar-refractivity contribution in [2.45, 2.75) is 177 Å². The van der Waals surface area contributed by atoms with Crippen LogP contribution in [0.2, 0.25) is 0 Å². The minimum atomic E-state index is -1.62. The van der Waals surface area contributed by atoms with Crippen molar-refractivity contribution in [2.75, 3.05) is 13.2 Å². The Kier molecular flexibility index (Phi) is 9.83. The summed E-state index contributed by atoms with van der Waals surface area (Å²) in [4.78, 5) is 0. The van der Waals surface area contributed by atoms with Crippen LogP contribution in [0.15, 0.2) is 11.6 Å². The maximum Gasteiger partial charge on any atom is 0.187 e. The normalized spacial score (nSPS) is 58.9. The van der Waals surface area contributed by atoms with Gasteiger partial charge in [0.15, 0.2) is 18.4 Å². The lowest BCUT2D eigenvalue weighted by atomic mass is 9.46. The van der Waals surface area contributed by atoms with Gasteiger partial charge in [0, 0.05) is 17.8 Å². The van der Waals surface area contributed by atoms with Gasteiger partial charge in [0.05, 0.1) is 31.5 Å². The quantitative estimate of drug-likeness (QED) is 0.201. The molecule has 52 heavy (non-hydrogen) atoms. The molecular formula is C39H62O13. The van der Waals surface area contributed by atoms with Crippen molar-refractivity contribution in [2.24, 2.45) is 40.4 Å². The minimum absolute atomic E-state index is 0.0189. The fraction of sp³-hybridized carbons (Fsp3) is 0.949. The smallest absolute Gasteiger partial charge is 0.187 e. The Morgan fingerprint density at radius 3 is 2.27 bits per heavy atom. The van der Waals surface area contributed by atoms with E-state index in [-0.39, 0.29) is 29.0 Å². The first-order valence-corrected chi connectivity index (χ1v) is 19.9. The molecule has 8 rings (SSSR count). The Morgan fingerprint density at radius 1 is 0.827 bits per heavy atom. The predicted octanol–water partition coefficient (Wildman–Crippen LogP) is 1.50. The Balaban J connectivity index is 0.927. The Bertz CT molecular complexity index is 1350. The second-order valence-electron chi connectivity index (χ2n) is 18.4. The average molecular weight is 739 g/mol. The summed E-state index contributed by atoms with van der Waals surface area (Å²) in [6.45, 7) is 10.7. The zero-order chi connectivity index (χ0) is 37.1. The number of allylic oxidation sites excluding steroid dienone is 1. The molecule has 21 unspecified atom stereocenters. The van der Waals surface area contributed by atoms with Crippen LogP contribution in [0.3, 0.4) is 0 Å². The first-order chi connectivity index (χ1) is 24.6. The van der Waals surface area contributed by atoms with Crippen LogP contribution in [0.25, 0.3) is 0 Å². The van der Waals surface area contributed by atoms with Gasteiger partial charge in [-0.2, -0.15) is 0 Å². The molecule has 4 saturated heterocycles. The number of hydrogen-bond donors (Lipinski definition) is 7. The molecule has 8 aliphatic rings. The highest BCUT2D eigenvalue weighted by atomic mass is 16.7. The second kappa shape index (κ2) is 13.4. The third-order valence-corrected chi connectivity index (χ3v) is 15.8. The van der Waals surface area contributed by atoms with Gasteiger partial charge in [-0.15, -0.1) is 0 Å². The number of ether oxygens (including phenoxy) is 6. The standard InChI is InChI=1S/C39H62O13/c1-18-8-13-38(47-17-18)20(3)39(46)27(52-38)15-25-23-7-6-21-14-22(9-11-36(21,4)24(23)10-12-37(25,39)5)49-35-32(45)30(43)33(26(16-40)50-35)51-34-31(44)29(42)28(41)19(2)48-34/h6,18-20,22-35,40-46H,7-17H2,1-5H3. The highest BCUT2D eigenvalue weighted by Crippen LogP contribution is 2.72. The van der Waals surface area contributed by atoms with E-state index in [1.165, 1.54) is 12.5 Å². The van der Waals surface area contributed by atoms with Gasteiger partial charge in [0.2, 0.25) is 0 Å². The summed E-state index contributed by atoms with van der Waals surface area (Å²) in [5.41, 5.74) is 0.154. The monoisotopic (exact) mass is 738 g/mol. The van der Waals surface area contributed by atoms with E-state index < -0.39 is 79.4 Å². The van der Waals surface area contributed by atoms with Crippen molar-refractivity contribution in [1.29, 1.82) is 0 Å². The van der Waals surface area contributed by atoms with Crippen molar-refractivity contribution in [3.05, 3.63) is 11.6 Å². The highest BCUT2D eigenvalue weighted by Gasteiger charge is 2.76. The zero-order valence-corrected chi connectivity index (χ0v) is 31.3. The molecule has 0 aromatic rings. The van der Waals surface area contributed by atoms with Crippen molar-refractivity contribution in [3.63, 3.8) is 0 Å². The third-order valence-electron chi connectivity index (χ3n) is 15.8. The maximum atomic E-state index is 12.7. The lowest BCUT2D eigenvalue weighted by molar-refractivity contribution is -0.360. The Hall–Kier alpha value is -0.780. The van der Waals surface area contributed by atoms with Gasteiger partial charge in [-0.05, 0) is 87.4 Å². The van der Waals surface area contributed by atoms with Crippen molar-refractivity contribution < 1.29 is 64.2 Å². The fourth-order valence-electron chi connectivity index (χ4n) is 12.5. The molecule has 13 heteroatoms. The molecule has 7 fully saturated rings. The van der Waals surface area contributed by atoms with Gasteiger partial charge < -0.3 is 64.2 Å². The van der Waals surface area contributed by atoms with E-state index in [1.807, 2.05) is 0 Å². The predicted molar refractivity (Wildman–Crippen MR) is 183 cm³/mol. The largest absolute Gasteiger partial charge is 0.394 e. The van der Waals surface area contributed by atoms with E-state index in [4.69, 9.17) is 28.4 Å². The molecule has 13 nitrogen and oxygen atoms in total. The number of rotatable bonds is 5. The minimum Gasteiger partial charge on any atom is -0.394 e. The lowest BCUT2D eigenvalue weighted by Crippen LogP contribution is -2.64. The molecule has 296 valence electrons. The number of aliphatic hydroxyl groups excluding tert-OH is 6. The molecule has 4 aliphatic heterocycles. The van der Waals surface area contributed by atoms with E-state index in [2.05, 4.69) is 33.8 Å². The number of fused-ring (bicyclic) bond motifs is 7. The van der Waals surface area contributed by atoms with Crippen LogP contribution in [0.4, 0.5) is 0 Å². The van der Waals surface area contributed by atoms with Gasteiger partial charge in [0.25, 0.3) is 0 Å². The number of aliphatic hydroxyl groups is 7. The molecule has 21 atom stereocenters. The summed E-state index contributed by atoms with van der Waals surface area (Å²) in [5.74, 6) is 0.991. The van der Waals surface area contributed by atoms with E-state index in [1.54, 1.807) is 0 Å². The van der Waals surface area contributed by atoms with Crippen LogP contribution >= 0.6 is 0 Å². The summed E-state index contributed by atoms with van der Waals surface area (Å²) in [6, 6.07) is 0. The number of hydrogen-bond acceptors (Lipinski definition) is 13. The van der Waals surface area contributed by atoms with E-state index >= 15 is 0 Å². The van der Waals surface area contributed by atoms with Gasteiger partial charge in [0.1, 0.15) is 48.3 Å². The summed E-state index contributed by atoms with van der Waals surface area (Å²) >= 11 is 0. The van der Waals surface area contributed by atoms with Crippen LogP contribution in [0.5, 0.6) is 0 Å². The third kappa shape index (κ3) is 5.50. The first kappa shape index (κ1) is 38.1. The molecule has 0 amide bonds. The van der Waals surface area contributed by atoms with Crippen molar-refractivity contribution in [1.82, 2.24) is 0 Å². The van der Waals surface area contributed by atoms with Crippen LogP contribution in [0.1, 0.15) is 92.4 Å². The van der Waals surface area contributed by atoms with Crippen LogP contribution in [-0.4, -0.2) is 134 Å². The lowest BCUT2D eigenvalue weighted by Gasteiger charge is -2.60. The van der Waals surface area contributed by atoms with E-state index in [0.717, 1.165) is 51.4 Å². The van der Waals surface area contributed by atoms with Crippen molar-refractivity contribution >= 4 is 0 Å². The Morgan fingerprint density at radius 2 is 1.56 bits per heavy atom. The molecule has 0 aromatic carbocycles. The average Bonchev–Trinajstić information content (AvgIpc) is 3.48. The molecule has 0 radical (unpaired) electrons. The molecule has 4 aliphatic carbocycles. The fourth-order valence-corrected chi connectivity index (χ4v) is 12.5. The molecule has 0 bridgehead atoms. The molecular weight excluding hydrogens is 676 g/mol. The van der Waals surface area contributed by atoms with Crippen LogP contribution in [-0.2, 0) is 28.4 Å². The van der Waals surface area contributed by atoms with Gasteiger partial charge in [-0.1, -0.05) is 39.3 Å². The molecule has 7 N–H and O–H groups in total. The maximum absolute atomic E-state index is 12.7. The molecule has 0 aromatic heterocycles. The molecule has 3 saturated carbocycles. The van der Waals surface area contributed by atoms with Crippen LogP contribution < -0.4 is 0 Å². The zero-order valence-electron chi connectivity index (χ0n) is 31.3. The van der Waals surface area contributed by atoms with Crippen molar-refractivity contribution in [3.8, 4) is 0 Å². The highest BCUT2D eigenvalue weighted by molar-refractivity contribution is 5.29. The summed E-state index contributed by atoms with van der Waals surface area (Å²) in [7, 11) is 0.